The summed E-state index contributed by atoms with van der Waals surface area (Å²) in [5, 5.41) is 20.6. The number of hydrazine groups is 2. The largest absolute Gasteiger partial charge is 0.299 e. The zero-order chi connectivity index (χ0) is 19.7. The predicted molar refractivity (Wildman–Crippen MR) is 107 cm³/mol. The van der Waals surface area contributed by atoms with E-state index in [2.05, 4.69) is 21.3 Å². The maximum Gasteiger partial charge on any atom is 0.269 e. The van der Waals surface area contributed by atoms with E-state index in [9.17, 15) is 10.1 Å². The van der Waals surface area contributed by atoms with E-state index in [1.54, 1.807) is 40.2 Å². The number of non-ortho nitro benzene ring substituents is 1. The molecule has 0 saturated carbocycles. The Kier molecular flexibility index (Phi) is 4.82. The molecule has 0 amide bonds. The Labute approximate surface area is 169 Å². The summed E-state index contributed by atoms with van der Waals surface area (Å²) < 4.78 is 2.31. The van der Waals surface area contributed by atoms with Crippen molar-refractivity contribution in [3.63, 3.8) is 0 Å². The molecule has 4 rings (SSSR count). The highest BCUT2D eigenvalue weighted by Crippen LogP contribution is 2.18. The number of amidine groups is 1. The molecular weight excluding hydrogens is 402 g/mol. The van der Waals surface area contributed by atoms with Gasteiger partial charge in [-0.1, -0.05) is 36.0 Å². The first-order valence-electron chi connectivity index (χ1n) is 8.19. The van der Waals surface area contributed by atoms with Gasteiger partial charge in [0.25, 0.3) is 5.69 Å². The van der Waals surface area contributed by atoms with Crippen LogP contribution in [-0.2, 0) is 6.54 Å². The van der Waals surface area contributed by atoms with Crippen molar-refractivity contribution in [2.24, 2.45) is 5.10 Å². The Morgan fingerprint density at radius 1 is 1.14 bits per heavy atom. The molecule has 0 atom stereocenters. The Morgan fingerprint density at radius 2 is 1.86 bits per heavy atom. The molecule has 28 heavy (non-hydrogen) atoms. The first-order chi connectivity index (χ1) is 13.5. The smallest absolute Gasteiger partial charge is 0.269 e. The van der Waals surface area contributed by atoms with Gasteiger partial charge in [-0.2, -0.15) is 0 Å². The van der Waals surface area contributed by atoms with Gasteiger partial charge >= 0.3 is 0 Å². The van der Waals surface area contributed by atoms with Crippen LogP contribution in [0.3, 0.4) is 0 Å². The highest BCUT2D eigenvalue weighted by Gasteiger charge is 2.22. The van der Waals surface area contributed by atoms with Gasteiger partial charge in [0.15, 0.2) is 5.84 Å². The fourth-order valence-electron chi connectivity index (χ4n) is 2.79. The minimum atomic E-state index is -0.425. The van der Waals surface area contributed by atoms with Gasteiger partial charge in [0.05, 0.1) is 22.7 Å². The molecule has 9 nitrogen and oxygen atoms in total. The number of halogens is 1. The Morgan fingerprint density at radius 3 is 2.54 bits per heavy atom. The standard InChI is InChI=1S/C17H14ClN7O2S/c18-12-3-7-13(8-4-12)24-17(28)15(9-19-24)16-20-21-22-23(16)10-11-1-5-14(6-2-11)25(26)27/h1-9,19,21-22H,10H2. The molecule has 1 aromatic heterocycles. The van der Waals surface area contributed by atoms with Crippen molar-refractivity contribution in [1.29, 1.82) is 0 Å². The van der Waals surface area contributed by atoms with Crippen LogP contribution in [0.4, 0.5) is 5.69 Å². The maximum absolute atomic E-state index is 10.8. The molecular formula is C17H14ClN7O2S. The molecule has 2 heterocycles. The number of aromatic nitrogens is 2. The minimum Gasteiger partial charge on any atom is -0.299 e. The van der Waals surface area contributed by atoms with Crippen molar-refractivity contribution in [2.75, 3.05) is 0 Å². The average molecular weight is 416 g/mol. The third kappa shape index (κ3) is 3.48. The molecule has 11 heteroatoms. The molecule has 1 aliphatic rings. The van der Waals surface area contributed by atoms with Gasteiger partial charge in [0.1, 0.15) is 4.64 Å². The second kappa shape index (κ2) is 7.43. The van der Waals surface area contributed by atoms with Crippen LogP contribution < -0.4 is 11.1 Å². The second-order valence-electron chi connectivity index (χ2n) is 5.97. The van der Waals surface area contributed by atoms with Gasteiger partial charge < -0.3 is 0 Å². The second-order valence-corrected chi connectivity index (χ2v) is 6.80. The Bertz CT molecular complexity index is 1110. The lowest BCUT2D eigenvalue weighted by Crippen LogP contribution is -2.40. The van der Waals surface area contributed by atoms with Crippen LogP contribution in [0.5, 0.6) is 0 Å². The van der Waals surface area contributed by atoms with Crippen LogP contribution in [0.15, 0.2) is 59.8 Å². The van der Waals surface area contributed by atoms with E-state index in [1.165, 1.54) is 12.1 Å². The van der Waals surface area contributed by atoms with E-state index in [4.69, 9.17) is 23.8 Å². The molecule has 2 aromatic carbocycles. The van der Waals surface area contributed by atoms with Crippen molar-refractivity contribution < 1.29 is 4.92 Å². The normalized spacial score (nSPS) is 13.3. The Balaban J connectivity index is 1.58. The lowest BCUT2D eigenvalue weighted by atomic mass is 10.2. The van der Waals surface area contributed by atoms with E-state index in [0.717, 1.165) is 16.8 Å². The van der Waals surface area contributed by atoms with E-state index < -0.39 is 4.92 Å². The fourth-order valence-corrected chi connectivity index (χ4v) is 3.22. The fraction of sp³-hybridized carbons (Fsp3) is 0.0588. The van der Waals surface area contributed by atoms with Gasteiger partial charge in [-0.05, 0) is 29.8 Å². The van der Waals surface area contributed by atoms with Gasteiger partial charge in [0.2, 0.25) is 0 Å². The van der Waals surface area contributed by atoms with E-state index >= 15 is 0 Å². The number of nitro groups is 1. The predicted octanol–water partition coefficient (Wildman–Crippen LogP) is 3.28. The van der Waals surface area contributed by atoms with Gasteiger partial charge in [0, 0.05) is 23.4 Å². The third-order valence-corrected chi connectivity index (χ3v) is 4.84. The summed E-state index contributed by atoms with van der Waals surface area (Å²) in [6.07, 6.45) is 1.77. The molecule has 0 aliphatic carbocycles. The maximum atomic E-state index is 10.8. The molecule has 3 aromatic rings. The quantitative estimate of drug-likeness (QED) is 0.335. The number of rotatable bonds is 5. The molecule has 0 spiro atoms. The van der Waals surface area contributed by atoms with Gasteiger partial charge in [-0.25, -0.2) is 10.2 Å². The number of hydrazone groups is 1. The number of nitrogens with one attached hydrogen (secondary N) is 3. The number of aromatic amines is 1. The van der Waals surface area contributed by atoms with Gasteiger partial charge in [-0.15, -0.1) is 10.6 Å². The number of nitro benzene ring substituents is 1. The first kappa shape index (κ1) is 18.2. The SMILES string of the molecule is O=[N+]([O-])c1ccc(CN2NNN=C2c2c[nH]n(-c3ccc(Cl)cc3)c2=S)cc1. The molecule has 142 valence electrons. The number of hydrogen-bond donors (Lipinski definition) is 3. The van der Waals surface area contributed by atoms with Crippen LogP contribution in [0.2, 0.25) is 5.02 Å². The highest BCUT2D eigenvalue weighted by atomic mass is 35.5. The molecule has 3 N–H and O–H groups in total. The number of H-pyrrole nitrogens is 1. The van der Waals surface area contributed by atoms with Crippen LogP contribution in [0.1, 0.15) is 11.1 Å². The minimum absolute atomic E-state index is 0.0487. The highest BCUT2D eigenvalue weighted by molar-refractivity contribution is 7.71. The van der Waals surface area contributed by atoms with Crippen LogP contribution >= 0.6 is 23.8 Å². The van der Waals surface area contributed by atoms with E-state index in [-0.39, 0.29) is 5.69 Å². The summed E-state index contributed by atoms with van der Waals surface area (Å²) >= 11 is 11.5. The number of hydrogen-bond acceptors (Lipinski definition) is 7. The van der Waals surface area contributed by atoms with Crippen LogP contribution in [0.25, 0.3) is 5.69 Å². The number of nitrogens with zero attached hydrogens (tertiary/aromatic N) is 4. The van der Waals surface area contributed by atoms with Crippen molar-refractivity contribution in [3.05, 3.63) is 85.6 Å². The van der Waals surface area contributed by atoms with Crippen LogP contribution in [0, 0.1) is 14.8 Å². The van der Waals surface area contributed by atoms with Crippen molar-refractivity contribution in [1.82, 2.24) is 25.9 Å². The molecule has 0 radical (unpaired) electrons. The molecule has 0 saturated heterocycles. The summed E-state index contributed by atoms with van der Waals surface area (Å²) in [7, 11) is 0. The lowest BCUT2D eigenvalue weighted by Gasteiger charge is -2.18. The van der Waals surface area contributed by atoms with Crippen molar-refractivity contribution >= 4 is 35.3 Å². The first-order valence-corrected chi connectivity index (χ1v) is 8.97. The Hall–Kier alpha value is -3.21. The van der Waals surface area contributed by atoms with E-state index in [0.29, 0.717) is 22.0 Å². The molecule has 1 aliphatic heterocycles. The summed E-state index contributed by atoms with van der Waals surface area (Å²) in [5.74, 6) is 0.604. The zero-order valence-corrected chi connectivity index (χ0v) is 15.9. The molecule has 0 unspecified atom stereocenters. The summed E-state index contributed by atoms with van der Waals surface area (Å²) in [4.78, 5) is 10.4. The van der Waals surface area contributed by atoms with E-state index in [1.807, 2.05) is 12.1 Å². The van der Waals surface area contributed by atoms with Crippen LogP contribution in [-0.4, -0.2) is 25.5 Å². The van der Waals surface area contributed by atoms with Gasteiger partial charge in [-0.3, -0.25) is 20.2 Å². The summed E-state index contributed by atoms with van der Waals surface area (Å²) in [6, 6.07) is 13.6. The molecule has 0 bridgehead atoms. The summed E-state index contributed by atoms with van der Waals surface area (Å²) in [5.41, 5.74) is 8.16. The number of benzene rings is 2. The molecule has 0 fully saturated rings. The third-order valence-electron chi connectivity index (χ3n) is 4.19. The zero-order valence-electron chi connectivity index (χ0n) is 14.3. The monoisotopic (exact) mass is 415 g/mol. The van der Waals surface area contributed by atoms with Crippen molar-refractivity contribution in [2.45, 2.75) is 6.54 Å². The average Bonchev–Trinajstić information content (AvgIpc) is 3.29. The lowest BCUT2D eigenvalue weighted by molar-refractivity contribution is -0.384. The van der Waals surface area contributed by atoms with Crippen molar-refractivity contribution in [3.8, 4) is 5.69 Å². The topological polar surface area (TPSA) is 104 Å². The summed E-state index contributed by atoms with van der Waals surface area (Å²) in [6.45, 7) is 0.435.